The number of halogens is 2. The van der Waals surface area contributed by atoms with Gasteiger partial charge in [-0.15, -0.1) is 0 Å². The standard InChI is InChI=1S/C18H15Cl2N5O4.C2H4O2/c1-27-15-6-10(8-22-23-18(26)16-17(21)25-29-24-16)2-5-14(15)28-9-11-3-4-12(19)7-13(11)20;1-2(3)4/h2-8H,9H2,1H3,(H2,21,25)(H,23,26);1H3,(H,3,4). The zero-order chi connectivity index (χ0) is 24.4. The number of hydrogen-bond donors (Lipinski definition) is 3. The van der Waals surface area contributed by atoms with Crippen LogP contribution in [-0.4, -0.2) is 40.6 Å². The number of nitrogens with one attached hydrogen (secondary N) is 1. The minimum absolute atomic E-state index is 0.123. The molecule has 33 heavy (non-hydrogen) atoms. The number of nitrogens with zero attached hydrogens (tertiary/aromatic N) is 3. The molecule has 0 atom stereocenters. The first kappa shape index (κ1) is 25.4. The second-order valence-corrected chi connectivity index (χ2v) is 6.99. The quantitative estimate of drug-likeness (QED) is 0.329. The van der Waals surface area contributed by atoms with Crippen LogP contribution < -0.4 is 20.6 Å². The number of benzene rings is 2. The molecule has 2 aromatic carbocycles. The van der Waals surface area contributed by atoms with Gasteiger partial charge in [0.15, 0.2) is 11.5 Å². The number of nitrogens with two attached hydrogens (primary N) is 1. The summed E-state index contributed by atoms with van der Waals surface area (Å²) in [7, 11) is 1.51. The van der Waals surface area contributed by atoms with Crippen LogP contribution in [0, 0.1) is 0 Å². The molecule has 0 aliphatic rings. The molecule has 13 heteroatoms. The van der Waals surface area contributed by atoms with E-state index in [-0.39, 0.29) is 18.1 Å². The first-order chi connectivity index (χ1) is 15.7. The van der Waals surface area contributed by atoms with E-state index in [4.69, 9.17) is 48.3 Å². The van der Waals surface area contributed by atoms with Crippen LogP contribution in [0.15, 0.2) is 46.1 Å². The fraction of sp³-hybridized carbons (Fsp3) is 0.150. The first-order valence-corrected chi connectivity index (χ1v) is 9.82. The number of rotatable bonds is 7. The maximum atomic E-state index is 11.8. The van der Waals surface area contributed by atoms with Crippen LogP contribution in [0.4, 0.5) is 5.82 Å². The van der Waals surface area contributed by atoms with E-state index in [1.807, 2.05) is 0 Å². The second-order valence-electron chi connectivity index (χ2n) is 6.15. The van der Waals surface area contributed by atoms with E-state index in [9.17, 15) is 4.79 Å². The normalized spacial score (nSPS) is 10.3. The molecule has 174 valence electrons. The number of nitrogen functional groups attached to an aromatic ring is 1. The van der Waals surface area contributed by atoms with Crippen LogP contribution in [0.25, 0.3) is 0 Å². The number of carboxylic acids is 1. The highest BCUT2D eigenvalue weighted by molar-refractivity contribution is 6.35. The van der Waals surface area contributed by atoms with Gasteiger partial charge in [-0.25, -0.2) is 10.1 Å². The Morgan fingerprint density at radius 1 is 1.21 bits per heavy atom. The predicted molar refractivity (Wildman–Crippen MR) is 121 cm³/mol. The second kappa shape index (κ2) is 12.3. The van der Waals surface area contributed by atoms with Crippen molar-refractivity contribution in [3.8, 4) is 11.5 Å². The average molecular weight is 496 g/mol. The van der Waals surface area contributed by atoms with Gasteiger partial charge in [0.2, 0.25) is 11.5 Å². The first-order valence-electron chi connectivity index (χ1n) is 9.07. The van der Waals surface area contributed by atoms with Crippen LogP contribution in [-0.2, 0) is 11.4 Å². The van der Waals surface area contributed by atoms with E-state index in [1.54, 1.807) is 36.4 Å². The third-order valence-electron chi connectivity index (χ3n) is 3.69. The largest absolute Gasteiger partial charge is 0.493 e. The molecule has 0 unspecified atom stereocenters. The lowest BCUT2D eigenvalue weighted by Gasteiger charge is -2.12. The number of hydrazone groups is 1. The molecule has 0 fully saturated rings. The summed E-state index contributed by atoms with van der Waals surface area (Å²) in [4.78, 5) is 20.8. The van der Waals surface area contributed by atoms with E-state index >= 15 is 0 Å². The SMILES string of the molecule is CC(=O)O.COc1cc(C=NNC(=O)c2nonc2N)ccc1OCc1ccc(Cl)cc1Cl. The van der Waals surface area contributed by atoms with E-state index < -0.39 is 11.9 Å². The van der Waals surface area contributed by atoms with Crippen LogP contribution in [0.2, 0.25) is 10.0 Å². The highest BCUT2D eigenvalue weighted by atomic mass is 35.5. The van der Waals surface area contributed by atoms with Crippen molar-refractivity contribution in [2.75, 3.05) is 12.8 Å². The predicted octanol–water partition coefficient (Wildman–Crippen LogP) is 3.40. The highest BCUT2D eigenvalue weighted by Gasteiger charge is 2.15. The van der Waals surface area contributed by atoms with Crippen LogP contribution in [0.1, 0.15) is 28.5 Å². The Balaban J connectivity index is 0.000000890. The molecular weight excluding hydrogens is 477 g/mol. The van der Waals surface area contributed by atoms with E-state index in [0.29, 0.717) is 27.1 Å². The lowest BCUT2D eigenvalue weighted by Crippen LogP contribution is -2.19. The molecule has 0 saturated carbocycles. The van der Waals surface area contributed by atoms with Crippen molar-refractivity contribution in [3.05, 3.63) is 63.3 Å². The summed E-state index contributed by atoms with van der Waals surface area (Å²) in [5.74, 6) is -0.607. The molecular formula is C20H19Cl2N5O6. The molecule has 3 rings (SSSR count). The maximum absolute atomic E-state index is 11.8. The number of aliphatic carboxylic acids is 1. The van der Waals surface area contributed by atoms with Gasteiger partial charge in [0.05, 0.1) is 13.3 Å². The molecule has 0 aliphatic carbocycles. The number of carbonyl (C=O) groups excluding carboxylic acids is 1. The summed E-state index contributed by atoms with van der Waals surface area (Å²) in [6, 6.07) is 10.3. The number of carboxylic acid groups (broad SMARTS) is 1. The van der Waals surface area contributed by atoms with Crippen molar-refractivity contribution in [1.82, 2.24) is 15.7 Å². The smallest absolute Gasteiger partial charge is 0.300 e. The number of carbonyl (C=O) groups is 2. The lowest BCUT2D eigenvalue weighted by molar-refractivity contribution is -0.134. The van der Waals surface area contributed by atoms with Crippen molar-refractivity contribution in [1.29, 1.82) is 0 Å². The zero-order valence-corrected chi connectivity index (χ0v) is 18.9. The third kappa shape index (κ3) is 7.98. The Kier molecular flexibility index (Phi) is 9.45. The number of aromatic nitrogens is 2. The van der Waals surface area contributed by atoms with Crippen molar-refractivity contribution in [2.24, 2.45) is 5.10 Å². The Hall–Kier alpha value is -3.83. The molecule has 4 N–H and O–H groups in total. The van der Waals surface area contributed by atoms with Gasteiger partial charge in [-0.2, -0.15) is 5.10 Å². The van der Waals surface area contributed by atoms with Crippen LogP contribution in [0.5, 0.6) is 11.5 Å². The zero-order valence-electron chi connectivity index (χ0n) is 17.4. The monoisotopic (exact) mass is 495 g/mol. The minimum atomic E-state index is -0.833. The summed E-state index contributed by atoms with van der Waals surface area (Å²) in [5.41, 5.74) is 9.01. The van der Waals surface area contributed by atoms with E-state index in [2.05, 4.69) is 25.5 Å². The molecule has 11 nitrogen and oxygen atoms in total. The molecule has 1 aromatic heterocycles. The molecule has 0 saturated heterocycles. The molecule has 1 heterocycles. The van der Waals surface area contributed by atoms with Gasteiger partial charge in [0.1, 0.15) is 6.61 Å². The summed E-state index contributed by atoms with van der Waals surface area (Å²) in [6.45, 7) is 1.32. The Labute approximate surface area is 198 Å². The van der Waals surface area contributed by atoms with Crippen molar-refractivity contribution in [2.45, 2.75) is 13.5 Å². The summed E-state index contributed by atoms with van der Waals surface area (Å²) in [6.07, 6.45) is 1.42. The van der Waals surface area contributed by atoms with Gasteiger partial charge in [-0.05, 0) is 46.2 Å². The van der Waals surface area contributed by atoms with Gasteiger partial charge in [-0.1, -0.05) is 29.3 Å². The van der Waals surface area contributed by atoms with E-state index in [0.717, 1.165) is 12.5 Å². The third-order valence-corrected chi connectivity index (χ3v) is 4.28. The molecule has 3 aromatic rings. The highest BCUT2D eigenvalue weighted by Crippen LogP contribution is 2.29. The lowest BCUT2D eigenvalue weighted by atomic mass is 10.2. The van der Waals surface area contributed by atoms with Crippen molar-refractivity contribution in [3.63, 3.8) is 0 Å². The molecule has 0 radical (unpaired) electrons. The number of anilines is 1. The van der Waals surface area contributed by atoms with Crippen LogP contribution in [0.3, 0.4) is 0 Å². The van der Waals surface area contributed by atoms with E-state index in [1.165, 1.54) is 13.3 Å². The Bertz CT molecular complexity index is 1150. The van der Waals surface area contributed by atoms with Crippen molar-refractivity contribution >= 4 is 47.1 Å². The summed E-state index contributed by atoms with van der Waals surface area (Å²) < 4.78 is 15.5. The maximum Gasteiger partial charge on any atom is 0.300 e. The summed E-state index contributed by atoms with van der Waals surface area (Å²) in [5, 5.41) is 19.0. The minimum Gasteiger partial charge on any atom is -0.493 e. The molecule has 1 amide bonds. The van der Waals surface area contributed by atoms with Gasteiger partial charge in [0, 0.05) is 22.5 Å². The van der Waals surface area contributed by atoms with Crippen molar-refractivity contribution < 1.29 is 28.8 Å². The number of hydrogen-bond acceptors (Lipinski definition) is 9. The van der Waals surface area contributed by atoms with Gasteiger partial charge < -0.3 is 20.3 Å². The number of ether oxygens (including phenoxy) is 2. The molecule has 0 aliphatic heterocycles. The molecule has 0 bridgehead atoms. The fourth-order valence-corrected chi connectivity index (χ4v) is 2.71. The number of amides is 1. The Morgan fingerprint density at radius 3 is 2.55 bits per heavy atom. The molecule has 0 spiro atoms. The average Bonchev–Trinajstić information content (AvgIpc) is 3.19. The number of methoxy groups -OCH3 is 1. The Morgan fingerprint density at radius 2 is 1.94 bits per heavy atom. The summed E-state index contributed by atoms with van der Waals surface area (Å²) >= 11 is 12.1. The van der Waals surface area contributed by atoms with Gasteiger partial charge in [-0.3, -0.25) is 9.59 Å². The van der Waals surface area contributed by atoms with Gasteiger partial charge >= 0.3 is 0 Å². The van der Waals surface area contributed by atoms with Crippen LogP contribution >= 0.6 is 23.2 Å². The van der Waals surface area contributed by atoms with Gasteiger partial charge in [0.25, 0.3) is 11.9 Å². The fourth-order valence-electron chi connectivity index (χ4n) is 2.25. The topological polar surface area (TPSA) is 162 Å².